The standard InChI is InChI=1S/C15H26N4O2/c1-5-20-9-14-18-12(16)8-13(19-14)17-10-7-11(21-6-2)15(10,3)4/h8,10-11H,5-7,9H2,1-4H3,(H3,16,17,18,19). The van der Waals surface area contributed by atoms with Crippen LogP contribution >= 0.6 is 0 Å². The van der Waals surface area contributed by atoms with Gasteiger partial charge in [-0.1, -0.05) is 13.8 Å². The van der Waals surface area contributed by atoms with Gasteiger partial charge in [-0.2, -0.15) is 0 Å². The fourth-order valence-electron chi connectivity index (χ4n) is 2.64. The van der Waals surface area contributed by atoms with Gasteiger partial charge in [0.25, 0.3) is 0 Å². The topological polar surface area (TPSA) is 82.3 Å². The van der Waals surface area contributed by atoms with E-state index in [1.54, 1.807) is 6.07 Å². The molecule has 0 bridgehead atoms. The second kappa shape index (κ2) is 6.58. The molecule has 1 fully saturated rings. The normalized spacial score (nSPS) is 23.6. The SMILES string of the molecule is CCOCc1nc(N)cc(NC2CC(OCC)C2(C)C)n1. The molecule has 6 nitrogen and oxygen atoms in total. The van der Waals surface area contributed by atoms with E-state index in [4.69, 9.17) is 15.2 Å². The summed E-state index contributed by atoms with van der Waals surface area (Å²) < 4.78 is 11.1. The first-order chi connectivity index (χ1) is 9.97. The maximum atomic E-state index is 5.84. The lowest BCUT2D eigenvalue weighted by Crippen LogP contribution is -2.58. The molecule has 0 spiro atoms. The third-order valence-corrected chi connectivity index (χ3v) is 4.10. The first kappa shape index (κ1) is 16.0. The van der Waals surface area contributed by atoms with Gasteiger partial charge in [-0.25, -0.2) is 9.97 Å². The molecule has 2 rings (SSSR count). The molecule has 0 radical (unpaired) electrons. The van der Waals surface area contributed by atoms with Gasteiger partial charge >= 0.3 is 0 Å². The van der Waals surface area contributed by atoms with Crippen molar-refractivity contribution in [2.75, 3.05) is 24.3 Å². The maximum Gasteiger partial charge on any atom is 0.158 e. The highest BCUT2D eigenvalue weighted by Gasteiger charge is 2.49. The number of aromatic nitrogens is 2. The van der Waals surface area contributed by atoms with Gasteiger partial charge in [0.05, 0.1) is 6.10 Å². The van der Waals surface area contributed by atoms with E-state index in [9.17, 15) is 0 Å². The second-order valence-corrected chi connectivity index (χ2v) is 5.93. The van der Waals surface area contributed by atoms with Gasteiger partial charge in [0.2, 0.25) is 0 Å². The molecule has 0 aliphatic heterocycles. The maximum absolute atomic E-state index is 5.84. The Bertz CT molecular complexity index is 479. The van der Waals surface area contributed by atoms with Gasteiger partial charge in [0.15, 0.2) is 5.82 Å². The Morgan fingerprint density at radius 3 is 2.71 bits per heavy atom. The van der Waals surface area contributed by atoms with E-state index in [1.165, 1.54) is 0 Å². The summed E-state index contributed by atoms with van der Waals surface area (Å²) in [6.07, 6.45) is 1.27. The van der Waals surface area contributed by atoms with Crippen LogP contribution in [0.25, 0.3) is 0 Å². The minimum Gasteiger partial charge on any atom is -0.384 e. The van der Waals surface area contributed by atoms with Gasteiger partial charge in [-0.05, 0) is 20.3 Å². The number of nitrogen functional groups attached to an aromatic ring is 1. The summed E-state index contributed by atoms with van der Waals surface area (Å²) in [5.74, 6) is 1.82. The quantitative estimate of drug-likeness (QED) is 0.802. The predicted molar refractivity (Wildman–Crippen MR) is 83.0 cm³/mol. The molecule has 3 N–H and O–H groups in total. The highest BCUT2D eigenvalue weighted by Crippen LogP contribution is 2.44. The van der Waals surface area contributed by atoms with Crippen LogP contribution in [0, 0.1) is 5.41 Å². The Hall–Kier alpha value is -1.40. The van der Waals surface area contributed by atoms with Gasteiger partial charge < -0.3 is 20.5 Å². The molecular formula is C15H26N4O2. The Kier molecular flexibility index (Phi) is 5.00. The second-order valence-electron chi connectivity index (χ2n) is 5.93. The third-order valence-electron chi connectivity index (χ3n) is 4.10. The number of hydrogen-bond donors (Lipinski definition) is 2. The molecule has 0 saturated heterocycles. The van der Waals surface area contributed by atoms with Crippen LogP contribution in [0.3, 0.4) is 0 Å². The Labute approximate surface area is 126 Å². The van der Waals surface area contributed by atoms with E-state index in [0.717, 1.165) is 18.8 Å². The summed E-state index contributed by atoms with van der Waals surface area (Å²) in [6, 6.07) is 2.09. The fourth-order valence-corrected chi connectivity index (χ4v) is 2.64. The van der Waals surface area contributed by atoms with Crippen LogP contribution in [-0.2, 0) is 16.1 Å². The molecular weight excluding hydrogens is 268 g/mol. The lowest BCUT2D eigenvalue weighted by molar-refractivity contribution is -0.0976. The summed E-state index contributed by atoms with van der Waals surface area (Å²) in [4.78, 5) is 8.64. The summed E-state index contributed by atoms with van der Waals surface area (Å²) in [5.41, 5.74) is 5.92. The Morgan fingerprint density at radius 2 is 2.10 bits per heavy atom. The van der Waals surface area contributed by atoms with Gasteiger partial charge in [-0.3, -0.25) is 0 Å². The zero-order chi connectivity index (χ0) is 15.5. The van der Waals surface area contributed by atoms with Crippen LogP contribution in [0.5, 0.6) is 0 Å². The van der Waals surface area contributed by atoms with Crippen molar-refractivity contribution in [2.45, 2.75) is 52.9 Å². The molecule has 6 heteroatoms. The van der Waals surface area contributed by atoms with E-state index >= 15 is 0 Å². The van der Waals surface area contributed by atoms with Gasteiger partial charge in [0, 0.05) is 30.7 Å². The Morgan fingerprint density at radius 1 is 1.33 bits per heavy atom. The van der Waals surface area contributed by atoms with Gasteiger partial charge in [-0.15, -0.1) is 0 Å². The van der Waals surface area contributed by atoms with E-state index < -0.39 is 0 Å². The highest BCUT2D eigenvalue weighted by atomic mass is 16.5. The number of rotatable bonds is 7. The Balaban J connectivity index is 2.02. The minimum atomic E-state index is 0.0792. The van der Waals surface area contributed by atoms with Crippen LogP contribution in [0.2, 0.25) is 0 Å². The van der Waals surface area contributed by atoms with Crippen molar-refractivity contribution < 1.29 is 9.47 Å². The summed E-state index contributed by atoms with van der Waals surface area (Å²) >= 11 is 0. The molecule has 1 aliphatic rings. The van der Waals surface area contributed by atoms with Crippen LogP contribution in [0.1, 0.15) is 39.9 Å². The lowest BCUT2D eigenvalue weighted by Gasteiger charge is -2.51. The summed E-state index contributed by atoms with van der Waals surface area (Å²) in [6.45, 7) is 10.1. The molecule has 0 aromatic carbocycles. The molecule has 0 amide bonds. The number of nitrogens with two attached hydrogens (primary N) is 1. The highest BCUT2D eigenvalue weighted by molar-refractivity contribution is 5.46. The first-order valence-electron chi connectivity index (χ1n) is 7.56. The van der Waals surface area contributed by atoms with E-state index in [2.05, 4.69) is 29.1 Å². The molecule has 1 aromatic heterocycles. The van der Waals surface area contributed by atoms with Crippen molar-refractivity contribution in [3.63, 3.8) is 0 Å². The van der Waals surface area contributed by atoms with Crippen LogP contribution in [0.4, 0.5) is 11.6 Å². The fraction of sp³-hybridized carbons (Fsp3) is 0.733. The lowest BCUT2D eigenvalue weighted by atomic mass is 9.64. The number of ether oxygens (including phenoxy) is 2. The van der Waals surface area contributed by atoms with Crippen molar-refractivity contribution in [3.8, 4) is 0 Å². The molecule has 1 aliphatic carbocycles. The van der Waals surface area contributed by atoms with Crippen LogP contribution < -0.4 is 11.1 Å². The molecule has 2 unspecified atom stereocenters. The predicted octanol–water partition coefficient (Wildman–Crippen LogP) is 2.21. The van der Waals surface area contributed by atoms with E-state index in [-0.39, 0.29) is 5.41 Å². The minimum absolute atomic E-state index is 0.0792. The average molecular weight is 294 g/mol. The zero-order valence-corrected chi connectivity index (χ0v) is 13.3. The van der Waals surface area contributed by atoms with Crippen molar-refractivity contribution in [1.29, 1.82) is 0 Å². The number of nitrogens with one attached hydrogen (secondary N) is 1. The van der Waals surface area contributed by atoms with Crippen molar-refractivity contribution in [1.82, 2.24) is 9.97 Å². The van der Waals surface area contributed by atoms with Crippen LogP contribution in [-0.4, -0.2) is 35.3 Å². The van der Waals surface area contributed by atoms with E-state index in [0.29, 0.717) is 37.0 Å². The first-order valence-corrected chi connectivity index (χ1v) is 7.56. The van der Waals surface area contributed by atoms with Crippen LogP contribution in [0.15, 0.2) is 6.07 Å². The molecule has 2 atom stereocenters. The molecule has 21 heavy (non-hydrogen) atoms. The smallest absolute Gasteiger partial charge is 0.158 e. The number of hydrogen-bond acceptors (Lipinski definition) is 6. The molecule has 1 saturated carbocycles. The average Bonchev–Trinajstić information content (AvgIpc) is 2.43. The van der Waals surface area contributed by atoms with E-state index in [1.807, 2.05) is 13.8 Å². The van der Waals surface area contributed by atoms with Gasteiger partial charge in [0.1, 0.15) is 18.2 Å². The summed E-state index contributed by atoms with van der Waals surface area (Å²) in [7, 11) is 0. The largest absolute Gasteiger partial charge is 0.384 e. The van der Waals surface area contributed by atoms with Crippen molar-refractivity contribution >= 4 is 11.6 Å². The third kappa shape index (κ3) is 3.63. The summed E-state index contributed by atoms with van der Waals surface area (Å²) in [5, 5.41) is 3.45. The number of nitrogens with zero attached hydrogens (tertiary/aromatic N) is 2. The molecule has 118 valence electrons. The molecule has 1 aromatic rings. The molecule has 1 heterocycles. The number of anilines is 2. The zero-order valence-electron chi connectivity index (χ0n) is 13.3. The van der Waals surface area contributed by atoms with Crippen molar-refractivity contribution in [2.24, 2.45) is 5.41 Å². The monoisotopic (exact) mass is 294 g/mol. The van der Waals surface area contributed by atoms with Crippen molar-refractivity contribution in [3.05, 3.63) is 11.9 Å².